The van der Waals surface area contributed by atoms with Gasteiger partial charge in [0, 0.05) is 24.3 Å². The fourth-order valence-corrected chi connectivity index (χ4v) is 4.46. The Morgan fingerprint density at radius 3 is 2.08 bits per heavy atom. The molecule has 4 rings (SSSR count). The van der Waals surface area contributed by atoms with Crippen LogP contribution >= 0.6 is 0 Å². The summed E-state index contributed by atoms with van der Waals surface area (Å²) in [6.45, 7) is 6.90. The number of rotatable bonds is 4. The Morgan fingerprint density at radius 1 is 0.868 bits per heavy atom. The van der Waals surface area contributed by atoms with Crippen molar-refractivity contribution in [3.05, 3.63) is 89.5 Å². The van der Waals surface area contributed by atoms with Crippen molar-refractivity contribution >= 4 is 17.7 Å². The van der Waals surface area contributed by atoms with E-state index in [1.807, 2.05) is 51.1 Å². The number of hydrogen-bond donors (Lipinski definition) is 1. The van der Waals surface area contributed by atoms with E-state index < -0.39 is 23.2 Å². The molecule has 8 heteroatoms. The maximum atomic E-state index is 12.8. The van der Waals surface area contributed by atoms with Crippen LogP contribution in [0.5, 0.6) is 0 Å². The first-order valence-corrected chi connectivity index (χ1v) is 12.6. The van der Waals surface area contributed by atoms with Crippen molar-refractivity contribution in [2.45, 2.75) is 51.3 Å². The van der Waals surface area contributed by atoms with Crippen LogP contribution in [0.3, 0.4) is 0 Å². The molecule has 0 atom stereocenters. The van der Waals surface area contributed by atoms with Gasteiger partial charge in [0.2, 0.25) is 0 Å². The summed E-state index contributed by atoms with van der Waals surface area (Å²) in [5.74, 6) is -0.124. The minimum Gasteiger partial charge on any atom is -0.444 e. The third-order valence-electron chi connectivity index (χ3n) is 6.46. The van der Waals surface area contributed by atoms with Crippen molar-refractivity contribution in [2.24, 2.45) is 0 Å². The average molecular weight is 525 g/mol. The van der Waals surface area contributed by atoms with Crippen LogP contribution in [0.4, 0.5) is 23.7 Å². The second-order valence-electron chi connectivity index (χ2n) is 10.5. The zero-order valence-electron chi connectivity index (χ0n) is 21.6. The molecule has 0 bridgehead atoms. The van der Waals surface area contributed by atoms with E-state index in [1.54, 1.807) is 11.0 Å². The lowest BCUT2D eigenvalue weighted by Crippen LogP contribution is -2.41. The van der Waals surface area contributed by atoms with E-state index in [9.17, 15) is 22.8 Å². The predicted molar refractivity (Wildman–Crippen MR) is 141 cm³/mol. The van der Waals surface area contributed by atoms with Gasteiger partial charge in [-0.05, 0) is 92.6 Å². The number of halogens is 3. The second-order valence-corrected chi connectivity index (χ2v) is 10.5. The third kappa shape index (κ3) is 6.94. The number of hydrogen-bond acceptors (Lipinski definition) is 3. The minimum absolute atomic E-state index is 0.144. The van der Waals surface area contributed by atoms with Gasteiger partial charge in [0.1, 0.15) is 5.60 Å². The van der Waals surface area contributed by atoms with Crippen LogP contribution in [0.15, 0.2) is 72.8 Å². The van der Waals surface area contributed by atoms with Crippen molar-refractivity contribution in [2.75, 3.05) is 18.4 Å². The molecule has 2 amide bonds. The molecule has 1 heterocycles. The number of carbonyl (C=O) groups excluding carboxylic acids is 2. The molecule has 0 saturated carbocycles. The van der Waals surface area contributed by atoms with Gasteiger partial charge in [0.25, 0.3) is 5.91 Å². The number of ether oxygens (including phenoxy) is 1. The molecule has 0 spiro atoms. The molecule has 1 aliphatic heterocycles. The van der Waals surface area contributed by atoms with Crippen LogP contribution < -0.4 is 5.32 Å². The number of carbonyl (C=O) groups is 2. The second kappa shape index (κ2) is 10.9. The molecule has 3 aromatic rings. The van der Waals surface area contributed by atoms with Gasteiger partial charge >= 0.3 is 12.3 Å². The van der Waals surface area contributed by atoms with Crippen LogP contribution in [0, 0.1) is 0 Å². The molecule has 0 aliphatic carbocycles. The summed E-state index contributed by atoms with van der Waals surface area (Å²) in [7, 11) is 0. The van der Waals surface area contributed by atoms with Crippen molar-refractivity contribution in [1.29, 1.82) is 0 Å². The highest BCUT2D eigenvalue weighted by Gasteiger charge is 2.30. The first kappa shape index (κ1) is 27.2. The van der Waals surface area contributed by atoms with E-state index in [1.165, 1.54) is 17.7 Å². The lowest BCUT2D eigenvalue weighted by molar-refractivity contribution is -0.137. The summed E-state index contributed by atoms with van der Waals surface area (Å²) in [6, 6.07) is 19.7. The molecule has 0 unspecified atom stereocenters. The number of nitrogens with one attached hydrogen (secondary N) is 1. The number of benzene rings is 3. The number of alkyl halides is 3. The van der Waals surface area contributed by atoms with Gasteiger partial charge in [-0.3, -0.25) is 4.79 Å². The summed E-state index contributed by atoms with van der Waals surface area (Å²) in [5.41, 5.74) is 2.48. The van der Waals surface area contributed by atoms with Gasteiger partial charge in [-0.15, -0.1) is 0 Å². The van der Waals surface area contributed by atoms with Gasteiger partial charge in [0.05, 0.1) is 5.56 Å². The van der Waals surface area contributed by atoms with Gasteiger partial charge in [-0.1, -0.05) is 36.4 Å². The van der Waals surface area contributed by atoms with Crippen LogP contribution in [0.25, 0.3) is 11.1 Å². The number of likely N-dealkylation sites (tertiary alicyclic amines) is 1. The highest BCUT2D eigenvalue weighted by Crippen LogP contribution is 2.32. The maximum absolute atomic E-state index is 12.8. The number of amides is 2. The molecule has 3 aromatic carbocycles. The molecular formula is C30H31F3N2O3. The van der Waals surface area contributed by atoms with Crippen LogP contribution in [-0.2, 0) is 10.9 Å². The van der Waals surface area contributed by atoms with E-state index in [4.69, 9.17) is 4.74 Å². The standard InChI is InChI=1S/C30H31F3N2O3/c1-29(2,3)38-28(37)35-17-15-22(16-18-35)20-7-9-21(10-8-20)24-5-4-6-26(19-24)34-27(36)23-11-13-25(14-12-23)30(31,32)33/h4-14,19,22H,15-18H2,1-3H3,(H,34,36). The van der Waals surface area contributed by atoms with Gasteiger partial charge in [-0.25, -0.2) is 4.79 Å². The monoisotopic (exact) mass is 524 g/mol. The highest BCUT2D eigenvalue weighted by molar-refractivity contribution is 6.04. The zero-order valence-corrected chi connectivity index (χ0v) is 21.6. The van der Waals surface area contributed by atoms with Crippen LogP contribution in [0.2, 0.25) is 0 Å². The molecule has 5 nitrogen and oxygen atoms in total. The van der Waals surface area contributed by atoms with E-state index >= 15 is 0 Å². The van der Waals surface area contributed by atoms with Crippen molar-refractivity contribution in [3.8, 4) is 11.1 Å². The molecule has 1 saturated heterocycles. The quantitative estimate of drug-likeness (QED) is 0.380. The van der Waals surface area contributed by atoms with E-state index in [0.717, 1.165) is 36.1 Å². The molecule has 1 aliphatic rings. The molecule has 0 radical (unpaired) electrons. The molecule has 1 fully saturated rings. The average Bonchev–Trinajstić information content (AvgIpc) is 2.88. The van der Waals surface area contributed by atoms with Gasteiger partial charge in [0.15, 0.2) is 0 Å². The van der Waals surface area contributed by atoms with Crippen LogP contribution in [0.1, 0.15) is 61.0 Å². The first-order valence-electron chi connectivity index (χ1n) is 12.6. The van der Waals surface area contributed by atoms with Crippen molar-refractivity contribution in [1.82, 2.24) is 4.90 Å². The topological polar surface area (TPSA) is 58.6 Å². The summed E-state index contributed by atoms with van der Waals surface area (Å²) in [5, 5.41) is 2.75. The van der Waals surface area contributed by atoms with Gasteiger partial charge in [-0.2, -0.15) is 13.2 Å². The molecule has 200 valence electrons. The highest BCUT2D eigenvalue weighted by atomic mass is 19.4. The predicted octanol–water partition coefficient (Wildman–Crippen LogP) is 7.74. The summed E-state index contributed by atoms with van der Waals surface area (Å²) in [4.78, 5) is 26.6. The minimum atomic E-state index is -4.45. The Hall–Kier alpha value is -3.81. The fourth-order valence-electron chi connectivity index (χ4n) is 4.46. The maximum Gasteiger partial charge on any atom is 0.416 e. The zero-order chi connectivity index (χ0) is 27.5. The van der Waals surface area contributed by atoms with Crippen molar-refractivity contribution in [3.63, 3.8) is 0 Å². The van der Waals surface area contributed by atoms with E-state index in [0.29, 0.717) is 24.7 Å². The Bertz CT molecular complexity index is 1270. The lowest BCUT2D eigenvalue weighted by Gasteiger charge is -2.33. The molecule has 1 N–H and O–H groups in total. The van der Waals surface area contributed by atoms with E-state index in [-0.39, 0.29) is 11.7 Å². The number of nitrogens with zero attached hydrogens (tertiary/aromatic N) is 1. The first-order chi connectivity index (χ1) is 17.9. The largest absolute Gasteiger partial charge is 0.444 e. The van der Waals surface area contributed by atoms with Crippen molar-refractivity contribution < 1.29 is 27.5 Å². The molecular weight excluding hydrogens is 493 g/mol. The Kier molecular flexibility index (Phi) is 7.81. The Morgan fingerprint density at radius 2 is 1.50 bits per heavy atom. The SMILES string of the molecule is CC(C)(C)OC(=O)N1CCC(c2ccc(-c3cccc(NC(=O)c4ccc(C(F)(F)F)cc4)c3)cc2)CC1. The fraction of sp³-hybridized carbons (Fsp3) is 0.333. The van der Waals surface area contributed by atoms with E-state index in [2.05, 4.69) is 17.4 Å². The molecule has 38 heavy (non-hydrogen) atoms. The Balaban J connectivity index is 1.37. The Labute approximate surface area is 220 Å². The summed E-state index contributed by atoms with van der Waals surface area (Å²) in [6.07, 6.45) is -2.98. The lowest BCUT2D eigenvalue weighted by atomic mass is 9.88. The summed E-state index contributed by atoms with van der Waals surface area (Å²) >= 11 is 0. The summed E-state index contributed by atoms with van der Waals surface area (Å²) < 4.78 is 43.8. The number of piperidine rings is 1. The third-order valence-corrected chi connectivity index (χ3v) is 6.46. The smallest absolute Gasteiger partial charge is 0.416 e. The normalized spacial score (nSPS) is 14.7. The van der Waals surface area contributed by atoms with Crippen LogP contribution in [-0.4, -0.2) is 35.6 Å². The van der Waals surface area contributed by atoms with Gasteiger partial charge < -0.3 is 15.0 Å². The number of anilines is 1. The molecule has 0 aromatic heterocycles.